The van der Waals surface area contributed by atoms with Crippen molar-refractivity contribution in [2.24, 2.45) is 0 Å². The van der Waals surface area contributed by atoms with Gasteiger partial charge in [0.15, 0.2) is 0 Å². The molecule has 4 heteroatoms. The van der Waals surface area contributed by atoms with Gasteiger partial charge >= 0.3 is 0 Å². The number of nitrogens with zero attached hydrogens (tertiary/aromatic N) is 2. The minimum absolute atomic E-state index is 0.0330. The molecule has 0 saturated heterocycles. The molecule has 4 nitrogen and oxygen atoms in total. The summed E-state index contributed by atoms with van der Waals surface area (Å²) in [6, 6.07) is 40.1. The van der Waals surface area contributed by atoms with Gasteiger partial charge in [-0.05, 0) is 91.3 Å². The zero-order valence-corrected chi connectivity index (χ0v) is 35.8. The first-order valence-corrected chi connectivity index (χ1v) is 19.7. The minimum Gasteiger partial charge on any atom is -0.481 e. The Morgan fingerprint density at radius 1 is 0.509 bits per heavy atom. The van der Waals surface area contributed by atoms with Gasteiger partial charge in [-0.3, -0.25) is 0 Å². The Morgan fingerprint density at radius 3 is 1.21 bits per heavy atom. The molecule has 0 aliphatic rings. The van der Waals surface area contributed by atoms with Crippen LogP contribution in [-0.2, 0) is 26.4 Å². The Hall–Kier alpha value is -5.73. The van der Waals surface area contributed by atoms with Gasteiger partial charge in [-0.1, -0.05) is 165 Å². The van der Waals surface area contributed by atoms with E-state index in [-0.39, 0.29) is 36.1 Å². The molecule has 0 aliphatic heterocycles. The van der Waals surface area contributed by atoms with Gasteiger partial charge in [0.25, 0.3) is 0 Å². The zero-order valence-electron chi connectivity index (χ0n) is 35.8. The molecule has 57 heavy (non-hydrogen) atoms. The summed E-state index contributed by atoms with van der Waals surface area (Å²) in [6.07, 6.45) is 5.26. The van der Waals surface area contributed by atoms with E-state index in [1.54, 1.807) is 0 Å². The van der Waals surface area contributed by atoms with Crippen LogP contribution in [-0.4, -0.2) is 38.9 Å². The van der Waals surface area contributed by atoms with Crippen LogP contribution in [0.15, 0.2) is 109 Å². The van der Waals surface area contributed by atoms with Crippen molar-refractivity contribution < 1.29 is 9.47 Å². The predicted molar refractivity (Wildman–Crippen MR) is 238 cm³/mol. The van der Waals surface area contributed by atoms with Crippen LogP contribution < -0.4 is 9.64 Å². The molecule has 0 atom stereocenters. The molecule has 0 aliphatic carbocycles. The highest BCUT2D eigenvalue weighted by atomic mass is 16.5. The zero-order chi connectivity index (χ0) is 41.4. The number of anilines is 1. The number of hydrogen-bond donors (Lipinski definition) is 0. The lowest BCUT2D eigenvalue weighted by Crippen LogP contribution is -2.31. The van der Waals surface area contributed by atoms with Crippen molar-refractivity contribution in [3.05, 3.63) is 160 Å². The highest BCUT2D eigenvalue weighted by Gasteiger charge is 2.39. The summed E-state index contributed by atoms with van der Waals surface area (Å²) < 4.78 is 11.5. The van der Waals surface area contributed by atoms with Crippen LogP contribution in [0.25, 0.3) is 0 Å². The molecule has 0 bridgehead atoms. The monoisotopic (exact) mass is 754 g/mol. The van der Waals surface area contributed by atoms with Gasteiger partial charge in [-0.2, -0.15) is 0 Å². The van der Waals surface area contributed by atoms with Crippen LogP contribution in [0.2, 0.25) is 0 Å². The standard InChI is InChI=1S/C53H58N2O2/c1-13-34-56-35-14-16-46-37-48(55(11)12)38-47(54-46)17-15-36-57-49-32-30-45(31-33-49)53(42-24-18-39(19-25-42)50(2,3)4,43-26-20-40(21-27-43)51(5,6)7)44-28-22-41(23-29-44)52(8,9)10/h1,18-33,37-38H,34-36H2,2-12H3. The van der Waals surface area contributed by atoms with Gasteiger partial charge in [0, 0.05) is 19.8 Å². The van der Waals surface area contributed by atoms with Crippen LogP contribution in [0.5, 0.6) is 5.75 Å². The van der Waals surface area contributed by atoms with Crippen LogP contribution in [0.1, 0.15) is 113 Å². The van der Waals surface area contributed by atoms with Crippen LogP contribution >= 0.6 is 0 Å². The summed E-state index contributed by atoms with van der Waals surface area (Å²) in [6.45, 7) is 21.0. The van der Waals surface area contributed by atoms with Crippen LogP contribution in [0, 0.1) is 36.0 Å². The third-order valence-corrected chi connectivity index (χ3v) is 10.3. The van der Waals surface area contributed by atoms with Gasteiger partial charge in [-0.15, -0.1) is 6.42 Å². The second kappa shape index (κ2) is 17.6. The first kappa shape index (κ1) is 42.4. The molecule has 5 rings (SSSR count). The number of ether oxygens (including phenoxy) is 2. The summed E-state index contributed by atoms with van der Waals surface area (Å²) in [4.78, 5) is 6.64. The summed E-state index contributed by atoms with van der Waals surface area (Å²) in [5.41, 5.74) is 10.4. The smallest absolute Gasteiger partial charge is 0.149 e. The van der Waals surface area contributed by atoms with E-state index in [0.717, 1.165) is 17.0 Å². The number of pyridine rings is 1. The third-order valence-electron chi connectivity index (χ3n) is 10.3. The van der Waals surface area contributed by atoms with Crippen molar-refractivity contribution in [1.29, 1.82) is 0 Å². The summed E-state index contributed by atoms with van der Waals surface area (Å²) in [5.74, 6) is 15.5. The molecule has 0 fully saturated rings. The van der Waals surface area contributed by atoms with E-state index in [1.165, 1.54) is 33.4 Å². The number of aromatic nitrogens is 1. The van der Waals surface area contributed by atoms with Crippen molar-refractivity contribution >= 4 is 5.69 Å². The van der Waals surface area contributed by atoms with Crippen molar-refractivity contribution in [3.63, 3.8) is 0 Å². The SMILES string of the molecule is C#CCOCC#Cc1cc(N(C)C)cc(C#CCOc2ccc(C(c3ccc(C(C)(C)C)cc3)(c3ccc(C(C)(C)C)cc3)c3ccc(C(C)(C)C)cc3)cc2)n1. The molecule has 0 amide bonds. The quantitative estimate of drug-likeness (QED) is 0.0853. The number of hydrogen-bond acceptors (Lipinski definition) is 4. The highest BCUT2D eigenvalue weighted by molar-refractivity contribution is 5.61. The predicted octanol–water partition coefficient (Wildman–Crippen LogP) is 10.9. The fraction of sp³-hybridized carbons (Fsp3) is 0.340. The third kappa shape index (κ3) is 10.4. The molecule has 1 heterocycles. The molecule has 5 aromatic rings. The lowest BCUT2D eigenvalue weighted by atomic mass is 9.64. The molecule has 292 valence electrons. The van der Waals surface area contributed by atoms with Gasteiger partial charge in [-0.25, -0.2) is 4.98 Å². The Bertz CT molecular complexity index is 2140. The average molecular weight is 755 g/mol. The Balaban J connectivity index is 1.54. The maximum absolute atomic E-state index is 6.21. The second-order valence-corrected chi connectivity index (χ2v) is 17.8. The number of terminal acetylenes is 1. The first-order valence-electron chi connectivity index (χ1n) is 19.7. The Kier molecular flexibility index (Phi) is 13.1. The molecule has 0 unspecified atom stereocenters. The second-order valence-electron chi connectivity index (χ2n) is 17.8. The summed E-state index contributed by atoms with van der Waals surface area (Å²) in [7, 11) is 3.95. The molecule has 1 aromatic heterocycles. The lowest BCUT2D eigenvalue weighted by Gasteiger charge is -2.38. The largest absolute Gasteiger partial charge is 0.481 e. The van der Waals surface area contributed by atoms with Crippen molar-refractivity contribution in [2.75, 3.05) is 38.8 Å². The fourth-order valence-electron chi connectivity index (χ4n) is 6.90. The van der Waals surface area contributed by atoms with Crippen LogP contribution in [0.4, 0.5) is 5.69 Å². The van der Waals surface area contributed by atoms with Gasteiger partial charge < -0.3 is 14.4 Å². The number of rotatable bonds is 9. The molecule has 0 spiro atoms. The van der Waals surface area contributed by atoms with E-state index >= 15 is 0 Å². The lowest BCUT2D eigenvalue weighted by molar-refractivity contribution is 0.205. The van der Waals surface area contributed by atoms with Gasteiger partial charge in [0.2, 0.25) is 0 Å². The summed E-state index contributed by atoms with van der Waals surface area (Å²) >= 11 is 0. The van der Waals surface area contributed by atoms with E-state index in [2.05, 4.69) is 194 Å². The molecule has 0 N–H and O–H groups in total. The van der Waals surface area contributed by atoms with Crippen LogP contribution in [0.3, 0.4) is 0 Å². The maximum Gasteiger partial charge on any atom is 0.149 e. The van der Waals surface area contributed by atoms with E-state index in [4.69, 9.17) is 15.9 Å². The fourth-order valence-corrected chi connectivity index (χ4v) is 6.90. The average Bonchev–Trinajstić information content (AvgIpc) is 3.17. The van der Waals surface area contributed by atoms with E-state index < -0.39 is 5.41 Å². The van der Waals surface area contributed by atoms with Crippen molar-refractivity contribution in [2.45, 2.75) is 84.0 Å². The van der Waals surface area contributed by atoms with Gasteiger partial charge in [0.05, 0.1) is 5.41 Å². The Morgan fingerprint density at radius 2 is 0.860 bits per heavy atom. The molecular weight excluding hydrogens is 697 g/mol. The van der Waals surface area contributed by atoms with E-state index in [0.29, 0.717) is 11.4 Å². The minimum atomic E-state index is -0.598. The highest BCUT2D eigenvalue weighted by Crippen LogP contribution is 2.47. The normalized spacial score (nSPS) is 11.8. The molecule has 0 saturated carbocycles. The molecular formula is C53H58N2O2. The van der Waals surface area contributed by atoms with Crippen molar-refractivity contribution in [3.8, 4) is 41.8 Å². The van der Waals surface area contributed by atoms with Crippen molar-refractivity contribution in [1.82, 2.24) is 4.98 Å². The Labute approximate surface area is 343 Å². The number of benzene rings is 4. The van der Waals surface area contributed by atoms with Gasteiger partial charge in [0.1, 0.15) is 37.0 Å². The van der Waals surface area contributed by atoms with E-state index in [1.807, 2.05) is 31.1 Å². The maximum atomic E-state index is 6.21. The van der Waals surface area contributed by atoms with E-state index in [9.17, 15) is 0 Å². The molecule has 0 radical (unpaired) electrons. The topological polar surface area (TPSA) is 34.6 Å². The molecule has 4 aromatic carbocycles. The first-order chi connectivity index (χ1) is 26.9. The summed E-state index contributed by atoms with van der Waals surface area (Å²) in [5, 5.41) is 0.